The Morgan fingerprint density at radius 2 is 2.24 bits per heavy atom. The fraction of sp³-hybridized carbons (Fsp3) is 0.600. The maximum Gasteiger partial charge on any atom is 0.262 e. The first-order valence-corrected chi connectivity index (χ1v) is 8.27. The highest BCUT2D eigenvalue weighted by molar-refractivity contribution is 7.12. The van der Waals surface area contributed by atoms with Crippen LogP contribution in [0.5, 0.6) is 0 Å². The Balaban J connectivity index is 2.22. The Hall–Kier alpha value is -1.56. The third-order valence-electron chi connectivity index (χ3n) is 4.41. The summed E-state index contributed by atoms with van der Waals surface area (Å²) >= 11 is 1.43. The molecule has 4 N–H and O–H groups in total. The first kappa shape index (κ1) is 15.8. The minimum absolute atomic E-state index is 0.109. The molecule has 1 heterocycles. The van der Waals surface area contributed by atoms with Gasteiger partial charge < -0.3 is 16.3 Å². The lowest BCUT2D eigenvalue weighted by Crippen LogP contribution is -2.59. The molecule has 0 spiro atoms. The third-order valence-corrected chi connectivity index (χ3v) is 5.37. The van der Waals surface area contributed by atoms with E-state index in [-0.39, 0.29) is 11.7 Å². The van der Waals surface area contributed by atoms with Crippen molar-refractivity contribution in [2.24, 2.45) is 16.8 Å². The van der Waals surface area contributed by atoms with E-state index >= 15 is 0 Å². The monoisotopic (exact) mass is 309 g/mol. The molecule has 21 heavy (non-hydrogen) atoms. The minimum Gasteiger partial charge on any atom is -0.409 e. The van der Waals surface area contributed by atoms with Crippen molar-refractivity contribution in [3.8, 4) is 0 Å². The van der Waals surface area contributed by atoms with Crippen LogP contribution in [0.4, 0.5) is 0 Å². The van der Waals surface area contributed by atoms with Gasteiger partial charge in [0.2, 0.25) is 0 Å². The first-order chi connectivity index (χ1) is 10.0. The van der Waals surface area contributed by atoms with Crippen molar-refractivity contribution < 1.29 is 10.0 Å². The number of aryl methyl sites for hydroxylation is 1. The quantitative estimate of drug-likeness (QED) is 0.346. The average molecular weight is 309 g/mol. The fourth-order valence-electron chi connectivity index (χ4n) is 2.88. The van der Waals surface area contributed by atoms with E-state index in [0.29, 0.717) is 18.8 Å². The van der Waals surface area contributed by atoms with Crippen LogP contribution >= 0.6 is 11.3 Å². The highest BCUT2D eigenvalue weighted by Crippen LogP contribution is 2.33. The second-order valence-corrected chi connectivity index (χ2v) is 6.75. The lowest BCUT2D eigenvalue weighted by Gasteiger charge is -2.38. The van der Waals surface area contributed by atoms with Gasteiger partial charge in [0.05, 0.1) is 4.88 Å². The van der Waals surface area contributed by atoms with Crippen molar-refractivity contribution in [1.82, 2.24) is 5.32 Å². The molecule has 0 saturated heterocycles. The number of hydrogen-bond acceptors (Lipinski definition) is 4. The zero-order chi connectivity index (χ0) is 15.5. The number of nitrogens with one attached hydrogen (secondary N) is 1. The van der Waals surface area contributed by atoms with E-state index in [1.807, 2.05) is 18.4 Å². The topological polar surface area (TPSA) is 87.7 Å². The van der Waals surface area contributed by atoms with Gasteiger partial charge in [-0.05, 0) is 55.0 Å². The lowest BCUT2D eigenvalue weighted by atomic mass is 9.76. The largest absolute Gasteiger partial charge is 0.409 e. The molecule has 1 amide bonds. The van der Waals surface area contributed by atoms with Crippen molar-refractivity contribution in [2.75, 3.05) is 0 Å². The summed E-state index contributed by atoms with van der Waals surface area (Å²) in [4.78, 5) is 13.3. The molecule has 1 fully saturated rings. The standard InChI is InChI=1S/C15H23N3O2S/c1-3-11-6-9-21-12(11)13(19)17-15(14(16)18-20)7-4-10(2)5-8-15/h6,9-10,20H,3-5,7-8H2,1-2H3,(H2,16,18)(H,17,19). The van der Waals surface area contributed by atoms with Gasteiger partial charge in [-0.15, -0.1) is 11.3 Å². The first-order valence-electron chi connectivity index (χ1n) is 7.39. The molecule has 1 aromatic rings. The molecule has 0 aliphatic heterocycles. The zero-order valence-corrected chi connectivity index (χ0v) is 13.4. The van der Waals surface area contributed by atoms with Crippen molar-refractivity contribution in [2.45, 2.75) is 51.5 Å². The van der Waals surface area contributed by atoms with Crippen LogP contribution < -0.4 is 11.1 Å². The van der Waals surface area contributed by atoms with E-state index in [1.165, 1.54) is 11.3 Å². The van der Waals surface area contributed by atoms with Crippen LogP contribution in [0.2, 0.25) is 0 Å². The highest BCUT2D eigenvalue weighted by Gasteiger charge is 2.40. The molecule has 0 radical (unpaired) electrons. The summed E-state index contributed by atoms with van der Waals surface area (Å²) in [5.74, 6) is 0.592. The van der Waals surface area contributed by atoms with Crippen LogP contribution in [-0.2, 0) is 6.42 Å². The summed E-state index contributed by atoms with van der Waals surface area (Å²) in [7, 11) is 0. The molecule has 5 nitrogen and oxygen atoms in total. The maximum absolute atomic E-state index is 12.6. The van der Waals surface area contributed by atoms with E-state index in [1.54, 1.807) is 0 Å². The molecular weight excluding hydrogens is 286 g/mol. The number of carbonyl (C=O) groups excluding carboxylic acids is 1. The highest BCUT2D eigenvalue weighted by atomic mass is 32.1. The Bertz CT molecular complexity index is 531. The van der Waals surface area contributed by atoms with Gasteiger partial charge in [0.1, 0.15) is 5.54 Å². The number of carbonyl (C=O) groups is 1. The van der Waals surface area contributed by atoms with E-state index in [2.05, 4.69) is 17.4 Å². The second-order valence-electron chi connectivity index (χ2n) is 5.83. The molecule has 0 atom stereocenters. The number of rotatable bonds is 4. The van der Waals surface area contributed by atoms with E-state index in [9.17, 15) is 4.79 Å². The van der Waals surface area contributed by atoms with Crippen LogP contribution in [0.15, 0.2) is 16.6 Å². The molecule has 6 heteroatoms. The van der Waals surface area contributed by atoms with Gasteiger partial charge >= 0.3 is 0 Å². The van der Waals surface area contributed by atoms with Crippen molar-refractivity contribution in [3.63, 3.8) is 0 Å². The number of amides is 1. The molecule has 1 aromatic heterocycles. The zero-order valence-electron chi connectivity index (χ0n) is 12.6. The molecule has 0 bridgehead atoms. The van der Waals surface area contributed by atoms with Gasteiger partial charge in [0, 0.05) is 0 Å². The molecule has 0 unspecified atom stereocenters. The molecule has 1 aliphatic rings. The van der Waals surface area contributed by atoms with Gasteiger partial charge in [-0.1, -0.05) is 19.0 Å². The lowest BCUT2D eigenvalue weighted by molar-refractivity contribution is 0.0901. The van der Waals surface area contributed by atoms with Crippen molar-refractivity contribution in [3.05, 3.63) is 21.9 Å². The van der Waals surface area contributed by atoms with Crippen LogP contribution in [0.25, 0.3) is 0 Å². The molecule has 116 valence electrons. The van der Waals surface area contributed by atoms with E-state index in [4.69, 9.17) is 10.9 Å². The summed E-state index contributed by atoms with van der Waals surface area (Å²) in [5.41, 5.74) is 6.21. The SMILES string of the molecule is CCc1ccsc1C(=O)NC1(/C(N)=N/O)CCC(C)CC1. The minimum atomic E-state index is -0.715. The van der Waals surface area contributed by atoms with Crippen molar-refractivity contribution in [1.29, 1.82) is 0 Å². The Labute approximate surface area is 129 Å². The van der Waals surface area contributed by atoms with E-state index in [0.717, 1.165) is 29.7 Å². The number of amidine groups is 1. The second kappa shape index (κ2) is 6.47. The summed E-state index contributed by atoms with van der Waals surface area (Å²) < 4.78 is 0. The number of hydrogen-bond donors (Lipinski definition) is 3. The van der Waals surface area contributed by atoms with Crippen molar-refractivity contribution >= 4 is 23.1 Å². The number of thiophene rings is 1. The Kier molecular flexibility index (Phi) is 4.88. The average Bonchev–Trinajstić information content (AvgIpc) is 2.97. The molecule has 1 aliphatic carbocycles. The maximum atomic E-state index is 12.6. The molecular formula is C15H23N3O2S. The van der Waals surface area contributed by atoms with Gasteiger partial charge in [0.15, 0.2) is 5.84 Å². The third kappa shape index (κ3) is 3.20. The molecule has 2 rings (SSSR count). The molecule has 1 saturated carbocycles. The predicted molar refractivity (Wildman–Crippen MR) is 84.9 cm³/mol. The predicted octanol–water partition coefficient (Wildman–Crippen LogP) is 2.74. The van der Waals surface area contributed by atoms with Crippen LogP contribution in [0.3, 0.4) is 0 Å². The van der Waals surface area contributed by atoms with Gasteiger partial charge in [-0.3, -0.25) is 4.79 Å². The number of oxime groups is 1. The molecule has 0 aromatic carbocycles. The van der Waals surface area contributed by atoms with Gasteiger partial charge in [-0.25, -0.2) is 0 Å². The normalized spacial score (nSPS) is 26.6. The Morgan fingerprint density at radius 3 is 2.81 bits per heavy atom. The van der Waals surface area contributed by atoms with E-state index < -0.39 is 5.54 Å². The van der Waals surface area contributed by atoms with Gasteiger partial charge in [-0.2, -0.15) is 0 Å². The summed E-state index contributed by atoms with van der Waals surface area (Å²) in [6.45, 7) is 4.22. The number of nitrogens with two attached hydrogens (primary N) is 1. The van der Waals surface area contributed by atoms with Gasteiger partial charge in [0.25, 0.3) is 5.91 Å². The fourth-order valence-corrected chi connectivity index (χ4v) is 3.77. The summed E-state index contributed by atoms with van der Waals surface area (Å²) in [6, 6.07) is 1.97. The summed E-state index contributed by atoms with van der Waals surface area (Å²) in [5, 5.41) is 17.2. The number of nitrogens with zero attached hydrogens (tertiary/aromatic N) is 1. The summed E-state index contributed by atoms with van der Waals surface area (Å²) in [6.07, 6.45) is 4.16. The Morgan fingerprint density at radius 1 is 1.57 bits per heavy atom. The smallest absolute Gasteiger partial charge is 0.262 e. The van der Waals surface area contributed by atoms with Crippen LogP contribution in [0.1, 0.15) is 54.8 Å². The van der Waals surface area contributed by atoms with Crippen LogP contribution in [-0.4, -0.2) is 22.5 Å². The van der Waals surface area contributed by atoms with Crippen LogP contribution in [0, 0.1) is 5.92 Å².